The topological polar surface area (TPSA) is 101 Å². The number of phenolic OH excluding ortho intramolecular Hbond substituents is 1. The van der Waals surface area contributed by atoms with Gasteiger partial charge in [0.2, 0.25) is 5.88 Å². The number of fused-ring (bicyclic) bond motifs is 1. The standard InChI is InChI=1S/C18H16N2O5/c1-25-15(22)10-13(11-5-7-12(21)8-6-11)16-17(23)19-14-4-2-3-9-20(14)18(16)24/h2-9,13,21,23H,10H2,1H3/t13-/m1/s1. The fourth-order valence-electron chi connectivity index (χ4n) is 2.74. The van der Waals surface area contributed by atoms with E-state index in [-0.39, 0.29) is 17.7 Å². The molecule has 0 bridgehead atoms. The van der Waals surface area contributed by atoms with Crippen molar-refractivity contribution < 1.29 is 19.7 Å². The van der Waals surface area contributed by atoms with Gasteiger partial charge < -0.3 is 14.9 Å². The molecule has 0 aliphatic rings. The average Bonchev–Trinajstić information content (AvgIpc) is 2.61. The van der Waals surface area contributed by atoms with Crippen LogP contribution < -0.4 is 5.56 Å². The van der Waals surface area contributed by atoms with Gasteiger partial charge in [0.1, 0.15) is 11.4 Å². The highest BCUT2D eigenvalue weighted by molar-refractivity contribution is 5.71. The molecule has 3 aromatic rings. The summed E-state index contributed by atoms with van der Waals surface area (Å²) in [6, 6.07) is 11.0. The predicted octanol–water partition coefficient (Wildman–Crippen LogP) is 1.80. The van der Waals surface area contributed by atoms with Crippen molar-refractivity contribution in [1.29, 1.82) is 0 Å². The minimum absolute atomic E-state index is 0.000195. The molecule has 0 unspecified atom stereocenters. The van der Waals surface area contributed by atoms with E-state index < -0.39 is 23.3 Å². The number of benzene rings is 1. The molecule has 0 saturated carbocycles. The van der Waals surface area contributed by atoms with Crippen LogP contribution in [0.3, 0.4) is 0 Å². The Kier molecular flexibility index (Phi) is 4.38. The fourth-order valence-corrected chi connectivity index (χ4v) is 2.74. The van der Waals surface area contributed by atoms with Crippen LogP contribution in [0, 0.1) is 0 Å². The summed E-state index contributed by atoms with van der Waals surface area (Å²) in [6.45, 7) is 0. The maximum absolute atomic E-state index is 12.9. The summed E-state index contributed by atoms with van der Waals surface area (Å²) >= 11 is 0. The van der Waals surface area contributed by atoms with Crippen molar-refractivity contribution in [3.63, 3.8) is 0 Å². The number of aromatic nitrogens is 2. The van der Waals surface area contributed by atoms with Crippen LogP contribution in [-0.2, 0) is 9.53 Å². The van der Waals surface area contributed by atoms with Crippen LogP contribution in [0.15, 0.2) is 53.5 Å². The second kappa shape index (κ2) is 6.64. The third-order valence-corrected chi connectivity index (χ3v) is 3.99. The van der Waals surface area contributed by atoms with Crippen molar-refractivity contribution in [2.24, 2.45) is 0 Å². The van der Waals surface area contributed by atoms with Gasteiger partial charge in [0.15, 0.2) is 0 Å². The van der Waals surface area contributed by atoms with Crippen LogP contribution in [0.25, 0.3) is 5.65 Å². The Bertz CT molecular complexity index is 979. The minimum Gasteiger partial charge on any atom is -0.508 e. The highest BCUT2D eigenvalue weighted by Crippen LogP contribution is 2.32. The molecule has 2 aromatic heterocycles. The molecule has 0 radical (unpaired) electrons. The molecule has 2 N–H and O–H groups in total. The number of hydrogen-bond acceptors (Lipinski definition) is 6. The zero-order valence-corrected chi connectivity index (χ0v) is 13.4. The van der Waals surface area contributed by atoms with Crippen LogP contribution in [0.5, 0.6) is 11.6 Å². The zero-order valence-electron chi connectivity index (χ0n) is 13.4. The highest BCUT2D eigenvalue weighted by Gasteiger charge is 2.26. The number of hydrogen-bond donors (Lipinski definition) is 2. The van der Waals surface area contributed by atoms with Gasteiger partial charge in [0.05, 0.1) is 19.1 Å². The molecule has 0 spiro atoms. The number of ether oxygens (including phenoxy) is 1. The molecular formula is C18H16N2O5. The van der Waals surface area contributed by atoms with Gasteiger partial charge >= 0.3 is 5.97 Å². The molecule has 1 atom stereocenters. The van der Waals surface area contributed by atoms with Crippen molar-refractivity contribution in [3.05, 3.63) is 70.1 Å². The van der Waals surface area contributed by atoms with Crippen LogP contribution >= 0.6 is 0 Å². The van der Waals surface area contributed by atoms with Crippen molar-refractivity contribution in [2.75, 3.05) is 7.11 Å². The van der Waals surface area contributed by atoms with Crippen LogP contribution in [0.1, 0.15) is 23.5 Å². The summed E-state index contributed by atoms with van der Waals surface area (Å²) < 4.78 is 6.02. The molecule has 0 aliphatic heterocycles. The number of rotatable bonds is 4. The summed E-state index contributed by atoms with van der Waals surface area (Å²) in [7, 11) is 1.25. The van der Waals surface area contributed by atoms with E-state index in [4.69, 9.17) is 4.74 Å². The summed E-state index contributed by atoms with van der Waals surface area (Å²) in [5.74, 6) is -1.67. The quantitative estimate of drug-likeness (QED) is 0.702. The van der Waals surface area contributed by atoms with Gasteiger partial charge in [-0.05, 0) is 29.8 Å². The van der Waals surface area contributed by atoms with E-state index >= 15 is 0 Å². The van der Waals surface area contributed by atoms with E-state index in [9.17, 15) is 19.8 Å². The number of phenols is 1. The first-order valence-electron chi connectivity index (χ1n) is 7.57. The summed E-state index contributed by atoms with van der Waals surface area (Å²) in [6.07, 6.45) is 1.39. The predicted molar refractivity (Wildman–Crippen MR) is 89.7 cm³/mol. The van der Waals surface area contributed by atoms with E-state index in [1.165, 1.54) is 23.6 Å². The number of esters is 1. The molecule has 0 amide bonds. The molecule has 2 heterocycles. The Hall–Kier alpha value is -3.35. The summed E-state index contributed by atoms with van der Waals surface area (Å²) in [4.78, 5) is 28.8. The maximum atomic E-state index is 12.9. The normalized spacial score (nSPS) is 12.0. The lowest BCUT2D eigenvalue weighted by Crippen LogP contribution is -2.24. The summed E-state index contributed by atoms with van der Waals surface area (Å²) in [5, 5.41) is 19.8. The number of pyridine rings is 1. The van der Waals surface area contributed by atoms with Crippen molar-refractivity contribution in [3.8, 4) is 11.6 Å². The SMILES string of the molecule is COC(=O)C[C@H](c1ccc(O)cc1)c1c(O)nc2ccccn2c1=O. The van der Waals surface area contributed by atoms with Crippen molar-refractivity contribution in [1.82, 2.24) is 9.38 Å². The van der Waals surface area contributed by atoms with Gasteiger partial charge in [-0.3, -0.25) is 14.0 Å². The average molecular weight is 340 g/mol. The molecule has 3 rings (SSSR count). The first-order chi connectivity index (χ1) is 12.0. The lowest BCUT2D eigenvalue weighted by Gasteiger charge is -2.17. The van der Waals surface area contributed by atoms with Gasteiger partial charge in [-0.2, -0.15) is 4.98 Å². The Morgan fingerprint density at radius 2 is 1.92 bits per heavy atom. The molecular weight excluding hydrogens is 324 g/mol. The monoisotopic (exact) mass is 340 g/mol. The minimum atomic E-state index is -0.759. The summed E-state index contributed by atoms with van der Waals surface area (Å²) in [5.41, 5.74) is 0.412. The molecule has 0 aliphatic carbocycles. The molecule has 7 heteroatoms. The van der Waals surface area contributed by atoms with Crippen molar-refractivity contribution >= 4 is 11.6 Å². The van der Waals surface area contributed by atoms with Gasteiger partial charge in [-0.25, -0.2) is 0 Å². The number of methoxy groups -OCH3 is 1. The molecule has 0 saturated heterocycles. The van der Waals surface area contributed by atoms with E-state index in [0.717, 1.165) is 0 Å². The van der Waals surface area contributed by atoms with E-state index in [2.05, 4.69) is 4.98 Å². The third-order valence-electron chi connectivity index (χ3n) is 3.99. The zero-order chi connectivity index (χ0) is 18.0. The second-order valence-corrected chi connectivity index (χ2v) is 5.51. The van der Waals surface area contributed by atoms with Crippen LogP contribution in [0.2, 0.25) is 0 Å². The molecule has 7 nitrogen and oxygen atoms in total. The van der Waals surface area contributed by atoms with E-state index in [1.54, 1.807) is 36.5 Å². The maximum Gasteiger partial charge on any atom is 0.306 e. The lowest BCUT2D eigenvalue weighted by atomic mass is 9.89. The molecule has 1 aromatic carbocycles. The molecule has 128 valence electrons. The third kappa shape index (κ3) is 3.16. The Labute approximate surface area is 142 Å². The van der Waals surface area contributed by atoms with Gasteiger partial charge in [0, 0.05) is 12.1 Å². The fraction of sp³-hybridized carbons (Fsp3) is 0.167. The molecule has 0 fully saturated rings. The molecule has 25 heavy (non-hydrogen) atoms. The van der Waals surface area contributed by atoms with E-state index in [1.807, 2.05) is 0 Å². The largest absolute Gasteiger partial charge is 0.508 e. The number of nitrogens with zero attached hydrogens (tertiary/aromatic N) is 2. The number of aromatic hydroxyl groups is 2. The first-order valence-corrected chi connectivity index (χ1v) is 7.57. The Balaban J connectivity index is 2.22. The smallest absolute Gasteiger partial charge is 0.306 e. The van der Waals surface area contributed by atoms with Gasteiger partial charge in [-0.1, -0.05) is 18.2 Å². The van der Waals surface area contributed by atoms with Gasteiger partial charge in [0.25, 0.3) is 5.56 Å². The second-order valence-electron chi connectivity index (χ2n) is 5.51. The Morgan fingerprint density at radius 3 is 2.60 bits per heavy atom. The lowest BCUT2D eigenvalue weighted by molar-refractivity contribution is -0.140. The van der Waals surface area contributed by atoms with E-state index in [0.29, 0.717) is 11.2 Å². The first kappa shape index (κ1) is 16.5. The van der Waals surface area contributed by atoms with Crippen LogP contribution in [0.4, 0.5) is 0 Å². The number of carbonyl (C=O) groups excluding carboxylic acids is 1. The van der Waals surface area contributed by atoms with Crippen molar-refractivity contribution in [2.45, 2.75) is 12.3 Å². The highest BCUT2D eigenvalue weighted by atomic mass is 16.5. The number of carbonyl (C=O) groups is 1. The van der Waals surface area contributed by atoms with Crippen LogP contribution in [-0.4, -0.2) is 32.7 Å². The Morgan fingerprint density at radius 1 is 1.20 bits per heavy atom. The van der Waals surface area contributed by atoms with Gasteiger partial charge in [-0.15, -0.1) is 0 Å².